The number of carboxylic acids is 1. The number of nitrogens with zero attached hydrogens (tertiary/aromatic N) is 1. The Morgan fingerprint density at radius 1 is 1.18 bits per heavy atom. The van der Waals surface area contributed by atoms with Gasteiger partial charge in [-0.1, -0.05) is 12.1 Å². The zero-order valence-corrected chi connectivity index (χ0v) is 23.7. The lowest BCUT2D eigenvalue weighted by atomic mass is 9.88. The fraction of sp³-hybridized carbons (Fsp3) is 0.355. The molecule has 0 fully saturated rings. The number of carbonyl (C=O) groups is 1. The first-order valence-electron chi connectivity index (χ1n) is 13.0. The standard InChI is InChI=1S/C31H33NO6S/c1-18-21-9-6-14-36-25(21)13-12-22(18)26-23-11-10-19(37-17-20-8-7-15-39-20)16-24(23)29(33)32(5)27(26)28(30(34)35)38-31(2,3)4/h7-8,10-13,15-16,28H,6,9,14,17H2,1-5H3,(H,34,35)/t28-/m0/s1. The number of pyridine rings is 1. The summed E-state index contributed by atoms with van der Waals surface area (Å²) in [6, 6.07) is 13.3. The number of fused-ring (bicyclic) bond motifs is 2. The molecule has 1 aliphatic heterocycles. The first kappa shape index (κ1) is 27.0. The molecule has 1 N–H and O–H groups in total. The van der Waals surface area contributed by atoms with Crippen molar-refractivity contribution < 1.29 is 24.1 Å². The Morgan fingerprint density at radius 3 is 2.67 bits per heavy atom. The van der Waals surface area contributed by atoms with Crippen LogP contribution in [-0.2, 0) is 29.6 Å². The van der Waals surface area contributed by atoms with Gasteiger partial charge in [0.1, 0.15) is 18.1 Å². The summed E-state index contributed by atoms with van der Waals surface area (Å²) in [7, 11) is 1.61. The van der Waals surface area contributed by atoms with E-state index in [0.29, 0.717) is 41.0 Å². The lowest BCUT2D eigenvalue weighted by Crippen LogP contribution is -2.33. The molecule has 0 saturated carbocycles. The number of rotatable bonds is 7. The van der Waals surface area contributed by atoms with Gasteiger partial charge < -0.3 is 23.9 Å². The highest BCUT2D eigenvalue weighted by Crippen LogP contribution is 2.42. The zero-order chi connectivity index (χ0) is 27.9. The van der Waals surface area contributed by atoms with E-state index >= 15 is 0 Å². The van der Waals surface area contributed by atoms with E-state index in [9.17, 15) is 14.7 Å². The number of ether oxygens (including phenoxy) is 3. The van der Waals surface area contributed by atoms with E-state index in [2.05, 4.69) is 0 Å². The van der Waals surface area contributed by atoms with Crippen molar-refractivity contribution in [3.05, 3.63) is 79.9 Å². The van der Waals surface area contributed by atoms with Crippen molar-refractivity contribution in [2.24, 2.45) is 7.05 Å². The molecule has 1 atom stereocenters. The summed E-state index contributed by atoms with van der Waals surface area (Å²) >= 11 is 1.61. The van der Waals surface area contributed by atoms with Gasteiger partial charge in [-0.3, -0.25) is 4.79 Å². The van der Waals surface area contributed by atoms with Crippen LogP contribution in [0.3, 0.4) is 0 Å². The maximum atomic E-state index is 13.8. The van der Waals surface area contributed by atoms with Crippen LogP contribution in [0.2, 0.25) is 0 Å². The van der Waals surface area contributed by atoms with Gasteiger partial charge in [0, 0.05) is 17.5 Å². The van der Waals surface area contributed by atoms with Gasteiger partial charge in [-0.2, -0.15) is 0 Å². The van der Waals surface area contributed by atoms with Gasteiger partial charge in [-0.15, -0.1) is 11.3 Å². The van der Waals surface area contributed by atoms with Crippen molar-refractivity contribution in [1.29, 1.82) is 0 Å². The Bertz CT molecular complexity index is 1600. The van der Waals surface area contributed by atoms with Crippen LogP contribution in [0.1, 0.15) is 55.0 Å². The molecular formula is C31H33NO6S. The van der Waals surface area contributed by atoms with Crippen molar-refractivity contribution in [2.45, 2.75) is 58.8 Å². The monoisotopic (exact) mass is 547 g/mol. The highest BCUT2D eigenvalue weighted by atomic mass is 32.1. The maximum absolute atomic E-state index is 13.8. The molecule has 4 aromatic rings. The molecule has 0 radical (unpaired) electrons. The summed E-state index contributed by atoms with van der Waals surface area (Å²) in [5.41, 5.74) is 2.86. The van der Waals surface area contributed by atoms with Crippen LogP contribution in [0, 0.1) is 6.92 Å². The van der Waals surface area contributed by atoms with Gasteiger partial charge in [0.2, 0.25) is 0 Å². The smallest absolute Gasteiger partial charge is 0.339 e. The van der Waals surface area contributed by atoms with Crippen molar-refractivity contribution in [1.82, 2.24) is 4.57 Å². The normalized spacial score (nSPS) is 14.1. The quantitative estimate of drug-likeness (QED) is 0.287. The molecule has 39 heavy (non-hydrogen) atoms. The number of aromatic nitrogens is 1. The second-order valence-electron chi connectivity index (χ2n) is 10.8. The van der Waals surface area contributed by atoms with E-state index in [4.69, 9.17) is 14.2 Å². The number of carboxylic acid groups (broad SMARTS) is 1. The number of aliphatic carboxylic acids is 1. The zero-order valence-electron chi connectivity index (χ0n) is 22.9. The first-order valence-corrected chi connectivity index (χ1v) is 13.9. The molecule has 1 aliphatic rings. The first-order chi connectivity index (χ1) is 18.5. The van der Waals surface area contributed by atoms with Gasteiger partial charge in [-0.05, 0) is 98.3 Å². The molecule has 0 amide bonds. The Kier molecular flexibility index (Phi) is 7.27. The predicted molar refractivity (Wildman–Crippen MR) is 153 cm³/mol. The predicted octanol–water partition coefficient (Wildman–Crippen LogP) is 6.42. The van der Waals surface area contributed by atoms with Crippen LogP contribution in [0.15, 0.2) is 52.6 Å². The number of hydrogen-bond acceptors (Lipinski definition) is 6. The average molecular weight is 548 g/mol. The number of hydrogen-bond donors (Lipinski definition) is 1. The molecule has 2 aromatic heterocycles. The van der Waals surface area contributed by atoms with Gasteiger partial charge in [-0.25, -0.2) is 4.79 Å². The summed E-state index contributed by atoms with van der Waals surface area (Å²) in [6.07, 6.45) is 0.424. The van der Waals surface area contributed by atoms with E-state index in [0.717, 1.165) is 40.2 Å². The van der Waals surface area contributed by atoms with E-state index in [1.165, 1.54) is 4.57 Å². The summed E-state index contributed by atoms with van der Waals surface area (Å²) in [5, 5.41) is 13.4. The second-order valence-corrected chi connectivity index (χ2v) is 11.8. The topological polar surface area (TPSA) is 87.0 Å². The number of benzene rings is 2. The minimum absolute atomic E-state index is 0.307. The third kappa shape index (κ3) is 5.31. The molecular weight excluding hydrogens is 514 g/mol. The van der Waals surface area contributed by atoms with Crippen LogP contribution in [0.25, 0.3) is 21.9 Å². The average Bonchev–Trinajstić information content (AvgIpc) is 3.42. The molecule has 5 rings (SSSR count). The Morgan fingerprint density at radius 2 is 1.97 bits per heavy atom. The Hall–Kier alpha value is -3.62. The molecule has 204 valence electrons. The molecule has 7 nitrogen and oxygen atoms in total. The lowest BCUT2D eigenvalue weighted by Gasteiger charge is -2.29. The minimum atomic E-state index is -1.36. The molecule has 0 saturated heterocycles. The largest absolute Gasteiger partial charge is 0.493 e. The summed E-state index contributed by atoms with van der Waals surface area (Å²) < 4.78 is 19.4. The third-order valence-electron chi connectivity index (χ3n) is 6.97. The van der Waals surface area contributed by atoms with E-state index in [1.54, 1.807) is 45.2 Å². The lowest BCUT2D eigenvalue weighted by molar-refractivity contribution is -0.161. The molecule has 8 heteroatoms. The summed E-state index contributed by atoms with van der Waals surface area (Å²) in [5.74, 6) is 0.265. The molecule has 3 heterocycles. The molecule has 0 unspecified atom stereocenters. The Balaban J connectivity index is 1.77. The summed E-state index contributed by atoms with van der Waals surface area (Å²) in [6.45, 7) is 8.53. The van der Waals surface area contributed by atoms with Crippen LogP contribution in [0.4, 0.5) is 0 Å². The Labute approximate surface area is 231 Å². The van der Waals surface area contributed by atoms with E-state index < -0.39 is 17.7 Å². The highest BCUT2D eigenvalue weighted by Gasteiger charge is 2.34. The highest BCUT2D eigenvalue weighted by molar-refractivity contribution is 7.09. The van der Waals surface area contributed by atoms with Crippen LogP contribution < -0.4 is 15.0 Å². The fourth-order valence-corrected chi connectivity index (χ4v) is 5.82. The van der Waals surface area contributed by atoms with E-state index in [-0.39, 0.29) is 5.56 Å². The molecule has 2 aromatic carbocycles. The van der Waals surface area contributed by atoms with Crippen LogP contribution >= 0.6 is 11.3 Å². The molecule has 0 aliphatic carbocycles. The summed E-state index contributed by atoms with van der Waals surface area (Å²) in [4.78, 5) is 27.5. The van der Waals surface area contributed by atoms with Gasteiger partial charge >= 0.3 is 5.97 Å². The van der Waals surface area contributed by atoms with Gasteiger partial charge in [0.25, 0.3) is 5.56 Å². The number of thiophene rings is 1. The van der Waals surface area contributed by atoms with E-state index in [1.807, 2.05) is 48.7 Å². The second kappa shape index (κ2) is 10.5. The van der Waals surface area contributed by atoms with Crippen LogP contribution in [-0.4, -0.2) is 27.9 Å². The van der Waals surface area contributed by atoms with Gasteiger partial charge in [0.05, 0.1) is 23.3 Å². The maximum Gasteiger partial charge on any atom is 0.339 e. The SMILES string of the molecule is Cc1c(-c2c([C@H](OC(C)(C)C)C(=O)O)n(C)c(=O)c3cc(OCc4cccs4)ccc23)ccc2c1CCCO2. The fourth-order valence-electron chi connectivity index (χ4n) is 5.20. The minimum Gasteiger partial charge on any atom is -0.493 e. The van der Waals surface area contributed by atoms with Crippen molar-refractivity contribution in [3.63, 3.8) is 0 Å². The molecule has 0 bridgehead atoms. The van der Waals surface area contributed by atoms with Crippen molar-refractivity contribution >= 4 is 28.1 Å². The van der Waals surface area contributed by atoms with Crippen LogP contribution in [0.5, 0.6) is 11.5 Å². The van der Waals surface area contributed by atoms with Crippen molar-refractivity contribution in [2.75, 3.05) is 6.61 Å². The van der Waals surface area contributed by atoms with Crippen molar-refractivity contribution in [3.8, 4) is 22.6 Å². The van der Waals surface area contributed by atoms with Gasteiger partial charge in [0.15, 0.2) is 6.10 Å². The third-order valence-corrected chi connectivity index (χ3v) is 7.82. The molecule has 0 spiro atoms.